The molecule has 1 amide bonds. The van der Waals surface area contributed by atoms with Crippen LogP contribution in [0.1, 0.15) is 17.5 Å². The number of carbonyl (C=O) groups is 1. The summed E-state index contributed by atoms with van der Waals surface area (Å²) in [5, 5.41) is 3.30. The van der Waals surface area contributed by atoms with Crippen LogP contribution in [0.4, 0.5) is 11.4 Å². The zero-order valence-corrected chi connectivity index (χ0v) is 16.0. The second kappa shape index (κ2) is 7.89. The number of rotatable bonds is 6. The van der Waals surface area contributed by atoms with E-state index in [0.29, 0.717) is 16.4 Å². The van der Waals surface area contributed by atoms with Crippen molar-refractivity contribution in [3.05, 3.63) is 58.6 Å². The third-order valence-electron chi connectivity index (χ3n) is 3.78. The summed E-state index contributed by atoms with van der Waals surface area (Å²) in [7, 11) is -3.49. The Balaban J connectivity index is 2.09. The Kier molecular flexibility index (Phi) is 6.08. The third-order valence-corrected chi connectivity index (χ3v) is 5.37. The van der Waals surface area contributed by atoms with Crippen LogP contribution in [0.15, 0.2) is 42.5 Å². The number of nitrogens with one attached hydrogen (secondary N) is 1. The SMILES string of the molecule is Cc1ccc(NC(=O)CCN(c2ccccc2C)S(C)(=O)=O)cc1Cl. The first-order valence-corrected chi connectivity index (χ1v) is 10.0. The number of nitrogens with zero attached hydrogens (tertiary/aromatic N) is 1. The number of carbonyl (C=O) groups excluding carboxylic acids is 1. The van der Waals surface area contributed by atoms with Gasteiger partial charge in [-0.1, -0.05) is 35.9 Å². The molecule has 134 valence electrons. The van der Waals surface area contributed by atoms with E-state index in [9.17, 15) is 13.2 Å². The molecule has 5 nitrogen and oxygen atoms in total. The van der Waals surface area contributed by atoms with Gasteiger partial charge in [-0.25, -0.2) is 8.42 Å². The first-order valence-electron chi connectivity index (χ1n) is 7.78. The minimum Gasteiger partial charge on any atom is -0.326 e. The second-order valence-electron chi connectivity index (χ2n) is 5.88. The van der Waals surface area contributed by atoms with E-state index in [0.717, 1.165) is 17.4 Å². The lowest BCUT2D eigenvalue weighted by atomic mass is 10.2. The van der Waals surface area contributed by atoms with E-state index in [1.807, 2.05) is 32.0 Å². The second-order valence-corrected chi connectivity index (χ2v) is 8.20. The first-order chi connectivity index (χ1) is 11.7. The van der Waals surface area contributed by atoms with Gasteiger partial charge in [0.05, 0.1) is 11.9 Å². The molecule has 0 radical (unpaired) electrons. The summed E-state index contributed by atoms with van der Waals surface area (Å²) in [5.41, 5.74) is 2.92. The highest BCUT2D eigenvalue weighted by atomic mass is 35.5. The van der Waals surface area contributed by atoms with Gasteiger partial charge in [0.15, 0.2) is 0 Å². The van der Waals surface area contributed by atoms with Gasteiger partial charge in [-0.15, -0.1) is 0 Å². The van der Waals surface area contributed by atoms with Crippen LogP contribution < -0.4 is 9.62 Å². The molecule has 2 aromatic carbocycles. The number of aryl methyl sites for hydroxylation is 2. The van der Waals surface area contributed by atoms with Crippen LogP contribution in [-0.4, -0.2) is 27.1 Å². The highest BCUT2D eigenvalue weighted by Gasteiger charge is 2.20. The van der Waals surface area contributed by atoms with E-state index in [2.05, 4.69) is 5.32 Å². The maximum atomic E-state index is 12.2. The molecular weight excluding hydrogens is 360 g/mol. The quantitative estimate of drug-likeness (QED) is 0.829. The van der Waals surface area contributed by atoms with Crippen LogP contribution in [0, 0.1) is 13.8 Å². The molecule has 1 N–H and O–H groups in total. The summed E-state index contributed by atoms with van der Waals surface area (Å²) in [4.78, 5) is 12.2. The first kappa shape index (κ1) is 19.3. The number of halogens is 1. The number of hydrogen-bond acceptors (Lipinski definition) is 3. The summed E-state index contributed by atoms with van der Waals surface area (Å²) >= 11 is 6.04. The molecule has 0 aliphatic rings. The van der Waals surface area contributed by atoms with Gasteiger partial charge in [0.1, 0.15) is 0 Å². The number of sulfonamides is 1. The van der Waals surface area contributed by atoms with Crippen molar-refractivity contribution in [3.63, 3.8) is 0 Å². The molecule has 0 aliphatic carbocycles. The molecule has 0 bridgehead atoms. The summed E-state index contributed by atoms with van der Waals surface area (Å²) in [6.45, 7) is 3.77. The zero-order valence-electron chi connectivity index (χ0n) is 14.4. The fourth-order valence-electron chi connectivity index (χ4n) is 2.41. The van der Waals surface area contributed by atoms with Crippen molar-refractivity contribution >= 4 is 38.9 Å². The fraction of sp³-hybridized carbons (Fsp3) is 0.278. The maximum Gasteiger partial charge on any atom is 0.232 e. The van der Waals surface area contributed by atoms with Gasteiger partial charge in [-0.2, -0.15) is 0 Å². The van der Waals surface area contributed by atoms with Crippen LogP contribution in [0.5, 0.6) is 0 Å². The van der Waals surface area contributed by atoms with Gasteiger partial charge in [-0.05, 0) is 43.2 Å². The largest absolute Gasteiger partial charge is 0.326 e. The Morgan fingerprint density at radius 1 is 1.12 bits per heavy atom. The standard InChI is InChI=1S/C18H21ClN2O3S/c1-13-8-9-15(12-16(13)19)20-18(22)10-11-21(25(3,23)24)17-7-5-4-6-14(17)2/h4-9,12H,10-11H2,1-3H3,(H,20,22). The maximum absolute atomic E-state index is 12.2. The predicted octanol–water partition coefficient (Wildman–Crippen LogP) is 3.75. The number of para-hydroxylation sites is 1. The van der Waals surface area contributed by atoms with Gasteiger partial charge in [0.25, 0.3) is 0 Å². The summed E-state index contributed by atoms with van der Waals surface area (Å²) < 4.78 is 25.5. The predicted molar refractivity (Wildman–Crippen MR) is 103 cm³/mol. The lowest BCUT2D eigenvalue weighted by Crippen LogP contribution is -2.33. The monoisotopic (exact) mass is 380 g/mol. The van der Waals surface area contributed by atoms with E-state index < -0.39 is 10.0 Å². The third kappa shape index (κ3) is 5.21. The van der Waals surface area contributed by atoms with Gasteiger partial charge >= 0.3 is 0 Å². The van der Waals surface area contributed by atoms with Crippen molar-refractivity contribution in [2.75, 3.05) is 22.4 Å². The van der Waals surface area contributed by atoms with E-state index in [1.54, 1.807) is 24.3 Å². The molecule has 0 aromatic heterocycles. The zero-order chi connectivity index (χ0) is 18.6. The Hall–Kier alpha value is -2.05. The number of amides is 1. The molecule has 0 spiro atoms. The molecule has 2 rings (SSSR count). The van der Waals surface area contributed by atoms with E-state index in [-0.39, 0.29) is 18.9 Å². The summed E-state index contributed by atoms with van der Waals surface area (Å²) in [6, 6.07) is 12.4. The summed E-state index contributed by atoms with van der Waals surface area (Å²) in [6.07, 6.45) is 1.17. The molecule has 0 atom stereocenters. The Morgan fingerprint density at radius 3 is 2.40 bits per heavy atom. The molecule has 7 heteroatoms. The lowest BCUT2D eigenvalue weighted by Gasteiger charge is -2.23. The molecule has 25 heavy (non-hydrogen) atoms. The van der Waals surface area contributed by atoms with Crippen LogP contribution >= 0.6 is 11.6 Å². The van der Waals surface area contributed by atoms with Crippen LogP contribution in [0.25, 0.3) is 0 Å². The minimum absolute atomic E-state index is 0.0346. The minimum atomic E-state index is -3.49. The normalized spacial score (nSPS) is 11.2. The topological polar surface area (TPSA) is 66.5 Å². The van der Waals surface area contributed by atoms with Gasteiger partial charge in [-0.3, -0.25) is 9.10 Å². The molecule has 0 heterocycles. The van der Waals surface area contributed by atoms with Crippen molar-refractivity contribution in [2.45, 2.75) is 20.3 Å². The van der Waals surface area contributed by atoms with Crippen LogP contribution in [0.3, 0.4) is 0 Å². The molecule has 0 unspecified atom stereocenters. The van der Waals surface area contributed by atoms with Crippen LogP contribution in [-0.2, 0) is 14.8 Å². The number of anilines is 2. The van der Waals surface area contributed by atoms with Crippen molar-refractivity contribution in [1.82, 2.24) is 0 Å². The molecule has 2 aromatic rings. The number of hydrogen-bond donors (Lipinski definition) is 1. The fourth-order valence-corrected chi connectivity index (χ4v) is 3.57. The average Bonchev–Trinajstić information content (AvgIpc) is 2.51. The number of benzene rings is 2. The Morgan fingerprint density at radius 2 is 1.80 bits per heavy atom. The molecule has 0 fully saturated rings. The van der Waals surface area contributed by atoms with Gasteiger partial charge in [0, 0.05) is 23.7 Å². The molecule has 0 saturated heterocycles. The van der Waals surface area contributed by atoms with Gasteiger partial charge < -0.3 is 5.32 Å². The van der Waals surface area contributed by atoms with E-state index >= 15 is 0 Å². The van der Waals surface area contributed by atoms with Crippen molar-refractivity contribution in [2.24, 2.45) is 0 Å². The van der Waals surface area contributed by atoms with E-state index in [1.165, 1.54) is 4.31 Å². The lowest BCUT2D eigenvalue weighted by molar-refractivity contribution is -0.116. The molecule has 0 aliphatic heterocycles. The van der Waals surface area contributed by atoms with Gasteiger partial charge in [0.2, 0.25) is 15.9 Å². The van der Waals surface area contributed by atoms with Crippen LogP contribution in [0.2, 0.25) is 5.02 Å². The highest BCUT2D eigenvalue weighted by Crippen LogP contribution is 2.23. The van der Waals surface area contributed by atoms with Crippen molar-refractivity contribution in [3.8, 4) is 0 Å². The summed E-state index contributed by atoms with van der Waals surface area (Å²) in [5.74, 6) is -0.276. The van der Waals surface area contributed by atoms with Crippen molar-refractivity contribution in [1.29, 1.82) is 0 Å². The Labute approximate surface area is 153 Å². The molecule has 0 saturated carbocycles. The van der Waals surface area contributed by atoms with E-state index in [4.69, 9.17) is 11.6 Å². The molecular formula is C18H21ClN2O3S. The highest BCUT2D eigenvalue weighted by molar-refractivity contribution is 7.92. The smallest absolute Gasteiger partial charge is 0.232 e. The average molecular weight is 381 g/mol. The van der Waals surface area contributed by atoms with Crippen molar-refractivity contribution < 1.29 is 13.2 Å². The Bertz CT molecular complexity index is 882.